The molecule has 0 bridgehead atoms. The van der Waals surface area contributed by atoms with Crippen LogP contribution in [0.25, 0.3) is 0 Å². The molecule has 0 atom stereocenters. The number of ether oxygens (including phenoxy) is 1. The SMILES string of the molecule is CCCCCCCc1ccc(C2CCC(COC3CCC(C=CC=CC#N)CC3)CC2)cc1. The number of hydrogen-bond donors (Lipinski definition) is 0. The maximum atomic E-state index is 8.55. The van der Waals surface area contributed by atoms with Crippen LogP contribution >= 0.6 is 0 Å². The average molecular weight is 448 g/mol. The van der Waals surface area contributed by atoms with Gasteiger partial charge in [0.25, 0.3) is 0 Å². The minimum atomic E-state index is 0.455. The van der Waals surface area contributed by atoms with Gasteiger partial charge in [0.15, 0.2) is 0 Å². The Hall–Kier alpha value is -1.85. The second-order valence-corrected chi connectivity index (χ2v) is 10.4. The van der Waals surface area contributed by atoms with E-state index in [2.05, 4.69) is 37.3 Å². The minimum absolute atomic E-state index is 0.455. The van der Waals surface area contributed by atoms with Gasteiger partial charge < -0.3 is 4.74 Å². The molecule has 0 aromatic heterocycles. The first-order valence-corrected chi connectivity index (χ1v) is 13.7. The maximum Gasteiger partial charge on any atom is 0.0912 e. The normalized spacial score (nSPS) is 26.1. The molecule has 0 spiro atoms. The summed E-state index contributed by atoms with van der Waals surface area (Å²) >= 11 is 0. The predicted octanol–water partition coefficient (Wildman–Crippen LogP) is 8.68. The zero-order valence-corrected chi connectivity index (χ0v) is 20.9. The Morgan fingerprint density at radius 2 is 1.61 bits per heavy atom. The fourth-order valence-electron chi connectivity index (χ4n) is 5.59. The standard InChI is InChI=1S/C31H45NO/c1-2-3-4-5-7-10-26-12-18-29(19-13-26)30-20-14-28(15-21-30)25-33-31-22-16-27(17-23-31)11-8-6-9-24-32/h6,8-9,11-13,18-19,27-28,30-31H,2-5,7,10,14-17,20-23,25H2,1H3. The Morgan fingerprint density at radius 3 is 2.30 bits per heavy atom. The van der Waals surface area contributed by atoms with Crippen molar-refractivity contribution in [2.75, 3.05) is 6.61 Å². The van der Waals surface area contributed by atoms with Crippen LogP contribution in [0.15, 0.2) is 48.6 Å². The Morgan fingerprint density at radius 1 is 0.879 bits per heavy atom. The van der Waals surface area contributed by atoms with Gasteiger partial charge in [-0.1, -0.05) is 75.1 Å². The highest BCUT2D eigenvalue weighted by Crippen LogP contribution is 2.37. The van der Waals surface area contributed by atoms with Gasteiger partial charge in [0.1, 0.15) is 0 Å². The maximum absolute atomic E-state index is 8.55. The van der Waals surface area contributed by atoms with E-state index in [9.17, 15) is 0 Å². The van der Waals surface area contributed by atoms with E-state index in [4.69, 9.17) is 10.00 Å². The summed E-state index contributed by atoms with van der Waals surface area (Å²) in [7, 11) is 0. The van der Waals surface area contributed by atoms with Gasteiger partial charge in [-0.25, -0.2) is 0 Å². The largest absolute Gasteiger partial charge is 0.378 e. The highest BCUT2D eigenvalue weighted by molar-refractivity contribution is 5.26. The first-order valence-electron chi connectivity index (χ1n) is 13.7. The molecule has 3 rings (SSSR count). The molecule has 2 heteroatoms. The number of nitriles is 1. The smallest absolute Gasteiger partial charge is 0.0912 e. The Bertz CT molecular complexity index is 740. The first-order chi connectivity index (χ1) is 16.3. The molecule has 2 aliphatic carbocycles. The number of aryl methyl sites for hydroxylation is 1. The van der Waals surface area contributed by atoms with Crippen molar-refractivity contribution >= 4 is 0 Å². The summed E-state index contributed by atoms with van der Waals surface area (Å²) in [5.41, 5.74) is 3.07. The van der Waals surface area contributed by atoms with Gasteiger partial charge in [-0.3, -0.25) is 0 Å². The number of nitrogens with zero attached hydrogens (tertiary/aromatic N) is 1. The van der Waals surface area contributed by atoms with Crippen LogP contribution in [0.4, 0.5) is 0 Å². The lowest BCUT2D eigenvalue weighted by atomic mass is 9.78. The highest BCUT2D eigenvalue weighted by atomic mass is 16.5. The number of benzene rings is 1. The molecule has 1 aromatic rings. The molecular weight excluding hydrogens is 402 g/mol. The molecule has 2 nitrogen and oxygen atoms in total. The Balaban J connectivity index is 1.29. The summed E-state index contributed by atoms with van der Waals surface area (Å²) in [6, 6.07) is 11.6. The number of rotatable bonds is 12. The van der Waals surface area contributed by atoms with Gasteiger partial charge in [0.05, 0.1) is 12.2 Å². The van der Waals surface area contributed by atoms with Crippen LogP contribution in [0.5, 0.6) is 0 Å². The van der Waals surface area contributed by atoms with E-state index in [0.717, 1.165) is 18.4 Å². The summed E-state index contributed by atoms with van der Waals surface area (Å²) in [6.45, 7) is 3.24. The zero-order valence-electron chi connectivity index (χ0n) is 20.9. The van der Waals surface area contributed by atoms with Gasteiger partial charge in [-0.05, 0) is 93.1 Å². The summed E-state index contributed by atoms with van der Waals surface area (Å²) in [5, 5.41) is 8.55. The van der Waals surface area contributed by atoms with Gasteiger partial charge in [-0.15, -0.1) is 0 Å². The molecule has 0 N–H and O–H groups in total. The molecule has 33 heavy (non-hydrogen) atoms. The first kappa shape index (κ1) is 25.8. The van der Waals surface area contributed by atoms with Crippen LogP contribution in [0.2, 0.25) is 0 Å². The lowest BCUT2D eigenvalue weighted by Gasteiger charge is -2.32. The molecular formula is C31H45NO. The van der Waals surface area contributed by atoms with E-state index in [1.165, 1.54) is 102 Å². The van der Waals surface area contributed by atoms with Crippen LogP contribution < -0.4 is 0 Å². The summed E-state index contributed by atoms with van der Waals surface area (Å²) in [6.07, 6.45) is 26.2. The third-order valence-corrected chi connectivity index (χ3v) is 7.82. The Labute approximate surface area is 203 Å². The van der Waals surface area contributed by atoms with Crippen molar-refractivity contribution in [2.45, 2.75) is 109 Å². The minimum Gasteiger partial charge on any atom is -0.378 e. The van der Waals surface area contributed by atoms with Gasteiger partial charge in [0, 0.05) is 12.7 Å². The van der Waals surface area contributed by atoms with Crippen LogP contribution in [-0.2, 0) is 11.2 Å². The summed E-state index contributed by atoms with van der Waals surface area (Å²) in [4.78, 5) is 0. The lowest BCUT2D eigenvalue weighted by Crippen LogP contribution is -2.25. The molecule has 0 aliphatic heterocycles. The van der Waals surface area contributed by atoms with Crippen LogP contribution in [0, 0.1) is 23.2 Å². The molecule has 0 heterocycles. The third kappa shape index (κ3) is 9.50. The lowest BCUT2D eigenvalue weighted by molar-refractivity contribution is -0.00456. The number of allylic oxidation sites excluding steroid dienone is 4. The fraction of sp³-hybridized carbons (Fsp3) is 0.645. The topological polar surface area (TPSA) is 33.0 Å². The van der Waals surface area contributed by atoms with E-state index in [1.807, 2.05) is 18.2 Å². The molecule has 1 aromatic carbocycles. The summed E-state index contributed by atoms with van der Waals surface area (Å²) in [5.74, 6) is 2.14. The molecule has 0 saturated heterocycles. The molecule has 180 valence electrons. The van der Waals surface area contributed by atoms with Crippen LogP contribution in [0.1, 0.15) is 107 Å². The van der Waals surface area contributed by atoms with Crippen LogP contribution in [-0.4, -0.2) is 12.7 Å². The number of hydrogen-bond acceptors (Lipinski definition) is 2. The van der Waals surface area contributed by atoms with E-state index < -0.39 is 0 Å². The number of unbranched alkanes of at least 4 members (excludes halogenated alkanes) is 4. The molecule has 2 aliphatic rings. The van der Waals surface area contributed by atoms with Crippen molar-refractivity contribution in [3.8, 4) is 6.07 Å². The van der Waals surface area contributed by atoms with Gasteiger partial charge in [-0.2, -0.15) is 5.26 Å². The van der Waals surface area contributed by atoms with E-state index in [-0.39, 0.29) is 0 Å². The quantitative estimate of drug-likeness (QED) is 0.182. The third-order valence-electron chi connectivity index (χ3n) is 7.82. The van der Waals surface area contributed by atoms with E-state index >= 15 is 0 Å². The Kier molecular flexibility index (Phi) is 11.8. The van der Waals surface area contributed by atoms with Crippen molar-refractivity contribution < 1.29 is 4.74 Å². The molecule has 2 fully saturated rings. The predicted molar refractivity (Wildman–Crippen MR) is 139 cm³/mol. The second kappa shape index (κ2) is 15.1. The van der Waals surface area contributed by atoms with Gasteiger partial charge in [0.2, 0.25) is 0 Å². The van der Waals surface area contributed by atoms with Crippen molar-refractivity contribution in [1.29, 1.82) is 5.26 Å². The molecule has 0 unspecified atom stereocenters. The average Bonchev–Trinajstić information content (AvgIpc) is 2.87. The summed E-state index contributed by atoms with van der Waals surface area (Å²) < 4.78 is 6.35. The van der Waals surface area contributed by atoms with E-state index in [1.54, 1.807) is 5.56 Å². The van der Waals surface area contributed by atoms with E-state index in [0.29, 0.717) is 12.0 Å². The monoisotopic (exact) mass is 447 g/mol. The molecule has 2 saturated carbocycles. The van der Waals surface area contributed by atoms with Crippen molar-refractivity contribution in [1.82, 2.24) is 0 Å². The van der Waals surface area contributed by atoms with Crippen molar-refractivity contribution in [3.63, 3.8) is 0 Å². The second-order valence-electron chi connectivity index (χ2n) is 10.4. The fourth-order valence-corrected chi connectivity index (χ4v) is 5.59. The molecule has 0 amide bonds. The van der Waals surface area contributed by atoms with Gasteiger partial charge >= 0.3 is 0 Å². The van der Waals surface area contributed by atoms with Crippen LogP contribution in [0.3, 0.4) is 0 Å². The highest BCUT2D eigenvalue weighted by Gasteiger charge is 2.25. The van der Waals surface area contributed by atoms with Crippen molar-refractivity contribution in [2.24, 2.45) is 11.8 Å². The molecule has 0 radical (unpaired) electrons. The zero-order chi connectivity index (χ0) is 23.1. The van der Waals surface area contributed by atoms with Crippen molar-refractivity contribution in [3.05, 3.63) is 59.7 Å².